The van der Waals surface area contributed by atoms with Crippen LogP contribution in [-0.2, 0) is 45.2 Å². The highest BCUT2D eigenvalue weighted by Gasteiger charge is 2.37. The molecule has 0 fully saturated rings. The average Bonchev–Trinajstić information content (AvgIpc) is 3.95. The Hall–Kier alpha value is -8.41. The van der Waals surface area contributed by atoms with Gasteiger partial charge in [-0.05, 0) is 97.8 Å². The lowest BCUT2D eigenvalue weighted by molar-refractivity contribution is -0.137. The Morgan fingerprint density at radius 3 is 2.08 bits per heavy atom. The number of methoxy groups -OCH3 is 2. The van der Waals surface area contributed by atoms with Gasteiger partial charge in [-0.25, -0.2) is 0 Å². The summed E-state index contributed by atoms with van der Waals surface area (Å²) in [6.07, 6.45) is 3.84. The van der Waals surface area contributed by atoms with E-state index in [2.05, 4.69) is 21.3 Å². The Morgan fingerprint density at radius 2 is 1.39 bits per heavy atom. The van der Waals surface area contributed by atoms with Crippen LogP contribution in [0.15, 0.2) is 96.0 Å². The lowest BCUT2D eigenvalue weighted by Crippen LogP contribution is -2.50. The topological polar surface area (TPSA) is 227 Å². The van der Waals surface area contributed by atoms with Crippen molar-refractivity contribution < 1.29 is 52.8 Å². The van der Waals surface area contributed by atoms with Crippen molar-refractivity contribution in [3.05, 3.63) is 124 Å². The van der Waals surface area contributed by atoms with Crippen LogP contribution in [0.2, 0.25) is 0 Å². The van der Waals surface area contributed by atoms with Crippen molar-refractivity contribution in [2.75, 3.05) is 48.2 Å². The number of unbranched alkanes of at least 4 members (excludes halogenated alkanes) is 1. The summed E-state index contributed by atoms with van der Waals surface area (Å²) in [5, 5.41) is 20.1. The summed E-state index contributed by atoms with van der Waals surface area (Å²) in [5.74, 6) is -1.60. The number of aliphatic carboxylic acids is 1. The standard InChI is InChI=1S/C54H57N7O11/c1-31(57-49(62)16-10-11-17-50(63)64)51(65)58-32(2)52(66)59-37-21-33(29-71-47-26-41(55-3)39(24-45(47)69-4)53(67)60-19-18-35-12-6-8-14-43(35)60)20-34(22-37)30-72-48-27-42-40(25-46(48)70-5)54(68)61-38(28-56-42)23-36-13-7-9-15-44(36)61/h6-9,12-15,20-22,24-28,31-32,38,55H,10-11,16-19,23,29-30H2,1-5H3,(H,57,62)(H,58,65)(H,59,66)(H,63,64)/t31-,32-,38-/m0/s1. The number of rotatable bonds is 20. The zero-order valence-corrected chi connectivity index (χ0v) is 40.7. The molecule has 0 spiro atoms. The Morgan fingerprint density at radius 1 is 0.750 bits per heavy atom. The molecular weight excluding hydrogens is 923 g/mol. The van der Waals surface area contributed by atoms with Crippen molar-refractivity contribution in [1.82, 2.24) is 10.6 Å². The van der Waals surface area contributed by atoms with Crippen LogP contribution in [0, 0.1) is 0 Å². The number of para-hydroxylation sites is 2. The molecule has 3 heterocycles. The molecule has 0 aliphatic carbocycles. The number of aliphatic imine (C=N–C) groups is 1. The number of fused-ring (bicyclic) bond motifs is 5. The van der Waals surface area contributed by atoms with E-state index in [0.29, 0.717) is 88.1 Å². The van der Waals surface area contributed by atoms with E-state index in [-0.39, 0.29) is 43.9 Å². The van der Waals surface area contributed by atoms with Gasteiger partial charge in [-0.2, -0.15) is 0 Å². The number of benzene rings is 5. The Labute approximate surface area is 416 Å². The first kappa shape index (κ1) is 50.0. The van der Waals surface area contributed by atoms with Gasteiger partial charge in [0.1, 0.15) is 25.3 Å². The summed E-state index contributed by atoms with van der Waals surface area (Å²) in [4.78, 5) is 86.3. The van der Waals surface area contributed by atoms with Gasteiger partial charge in [0.25, 0.3) is 11.8 Å². The molecule has 5 amide bonds. The molecule has 18 nitrogen and oxygen atoms in total. The zero-order chi connectivity index (χ0) is 51.1. The third-order valence-electron chi connectivity index (χ3n) is 12.7. The first-order valence-electron chi connectivity index (χ1n) is 23.7. The van der Waals surface area contributed by atoms with Crippen LogP contribution in [0.25, 0.3) is 0 Å². The maximum atomic E-state index is 14.0. The maximum absolute atomic E-state index is 14.0. The summed E-state index contributed by atoms with van der Waals surface area (Å²) in [7, 11) is 4.70. The molecule has 374 valence electrons. The largest absolute Gasteiger partial charge is 0.493 e. The van der Waals surface area contributed by atoms with Gasteiger partial charge in [0.2, 0.25) is 17.7 Å². The monoisotopic (exact) mass is 979 g/mol. The number of amides is 5. The van der Waals surface area contributed by atoms with E-state index >= 15 is 0 Å². The van der Waals surface area contributed by atoms with Crippen molar-refractivity contribution in [3.8, 4) is 23.0 Å². The second kappa shape index (κ2) is 22.1. The van der Waals surface area contributed by atoms with Crippen LogP contribution in [0.1, 0.15) is 82.5 Å². The Bertz CT molecular complexity index is 2960. The van der Waals surface area contributed by atoms with Crippen molar-refractivity contribution in [2.45, 2.75) is 83.7 Å². The van der Waals surface area contributed by atoms with Crippen molar-refractivity contribution in [3.63, 3.8) is 0 Å². The molecule has 18 heteroatoms. The highest BCUT2D eigenvalue weighted by atomic mass is 16.5. The molecule has 3 atom stereocenters. The minimum absolute atomic E-state index is 0.0252. The highest BCUT2D eigenvalue weighted by Crippen LogP contribution is 2.42. The van der Waals surface area contributed by atoms with Gasteiger partial charge in [0, 0.05) is 68.3 Å². The number of carboxylic acid groups (broad SMARTS) is 1. The molecule has 8 rings (SSSR count). The molecule has 0 radical (unpaired) electrons. The second-order valence-electron chi connectivity index (χ2n) is 17.7. The fourth-order valence-electron chi connectivity index (χ4n) is 9.02. The van der Waals surface area contributed by atoms with E-state index < -0.39 is 35.8 Å². The van der Waals surface area contributed by atoms with Crippen LogP contribution < -0.4 is 50.0 Å². The summed E-state index contributed by atoms with van der Waals surface area (Å²) in [6.45, 7) is 3.48. The van der Waals surface area contributed by atoms with E-state index in [1.807, 2.05) is 54.6 Å². The first-order chi connectivity index (χ1) is 34.7. The summed E-state index contributed by atoms with van der Waals surface area (Å²) >= 11 is 0. The summed E-state index contributed by atoms with van der Waals surface area (Å²) < 4.78 is 24.3. The smallest absolute Gasteiger partial charge is 0.303 e. The highest BCUT2D eigenvalue weighted by molar-refractivity contribution is 6.15. The Balaban J connectivity index is 1.01. The maximum Gasteiger partial charge on any atom is 0.303 e. The number of ether oxygens (including phenoxy) is 4. The minimum atomic E-state index is -1.04. The van der Waals surface area contributed by atoms with Crippen LogP contribution in [-0.4, -0.2) is 92.8 Å². The molecule has 5 aromatic carbocycles. The number of hydrogen-bond donors (Lipinski definition) is 5. The number of nitrogens with zero attached hydrogens (tertiary/aromatic N) is 3. The first-order valence-corrected chi connectivity index (χ1v) is 23.7. The zero-order valence-electron chi connectivity index (χ0n) is 40.7. The quantitative estimate of drug-likeness (QED) is 0.0498. The van der Waals surface area contributed by atoms with Gasteiger partial charge in [-0.15, -0.1) is 0 Å². The molecule has 0 saturated heterocycles. The number of nitrogens with one attached hydrogen (secondary N) is 4. The summed E-state index contributed by atoms with van der Waals surface area (Å²) in [5.41, 5.74) is 7.15. The molecule has 72 heavy (non-hydrogen) atoms. The lowest BCUT2D eigenvalue weighted by Gasteiger charge is -2.22. The predicted octanol–water partition coefficient (Wildman–Crippen LogP) is 6.99. The van der Waals surface area contributed by atoms with Crippen molar-refractivity contribution in [2.24, 2.45) is 4.99 Å². The van der Waals surface area contributed by atoms with Gasteiger partial charge in [-0.1, -0.05) is 36.4 Å². The van der Waals surface area contributed by atoms with Crippen molar-refractivity contribution in [1.29, 1.82) is 0 Å². The molecule has 5 aromatic rings. The van der Waals surface area contributed by atoms with E-state index in [9.17, 15) is 28.8 Å². The van der Waals surface area contributed by atoms with Gasteiger partial charge < -0.3 is 50.2 Å². The van der Waals surface area contributed by atoms with Gasteiger partial charge in [-0.3, -0.25) is 38.7 Å². The SMILES string of the molecule is CNc1cc(OCc2cc(COc3cc4c(cc3OC)C(=O)N3c5ccccc5C[C@H]3C=N4)cc(NC(=O)[C@H](C)NC(=O)[C@H](C)NC(=O)CCCCC(=O)O)c2)c(OC)cc1C(=O)N1CCc2ccccc21. The number of hydrogen-bond acceptors (Lipinski definition) is 12. The molecule has 0 aromatic heterocycles. The van der Waals surface area contributed by atoms with Crippen LogP contribution in [0.4, 0.5) is 28.4 Å². The van der Waals surface area contributed by atoms with Gasteiger partial charge in [0.15, 0.2) is 23.0 Å². The third-order valence-corrected chi connectivity index (χ3v) is 12.7. The van der Waals surface area contributed by atoms with E-state index in [1.54, 1.807) is 59.5 Å². The van der Waals surface area contributed by atoms with E-state index in [0.717, 1.165) is 28.9 Å². The molecule has 3 aliphatic heterocycles. The molecule has 0 saturated carbocycles. The number of carboxylic acids is 1. The van der Waals surface area contributed by atoms with E-state index in [1.165, 1.54) is 28.1 Å². The molecular formula is C54H57N7O11. The number of carbonyl (C=O) groups is 6. The van der Waals surface area contributed by atoms with Crippen LogP contribution in [0.3, 0.4) is 0 Å². The van der Waals surface area contributed by atoms with Crippen LogP contribution >= 0.6 is 0 Å². The summed E-state index contributed by atoms with van der Waals surface area (Å²) in [6, 6.07) is 25.3. The number of carbonyl (C=O) groups excluding carboxylic acids is 5. The fourth-order valence-corrected chi connectivity index (χ4v) is 9.02. The fraction of sp³-hybridized carbons (Fsp3) is 0.315. The lowest BCUT2D eigenvalue weighted by atomic mass is 10.1. The van der Waals surface area contributed by atoms with Gasteiger partial charge >= 0.3 is 5.97 Å². The normalized spacial score (nSPS) is 14.9. The molecule has 0 unspecified atom stereocenters. The second-order valence-corrected chi connectivity index (χ2v) is 17.7. The minimum Gasteiger partial charge on any atom is -0.493 e. The third kappa shape index (κ3) is 11.1. The molecule has 5 N–H and O–H groups in total. The Kier molecular flexibility index (Phi) is 15.4. The number of anilines is 4. The van der Waals surface area contributed by atoms with Crippen LogP contribution in [0.5, 0.6) is 23.0 Å². The predicted molar refractivity (Wildman–Crippen MR) is 271 cm³/mol. The van der Waals surface area contributed by atoms with Crippen molar-refractivity contribution >= 4 is 70.2 Å². The van der Waals surface area contributed by atoms with E-state index in [4.69, 9.17) is 29.0 Å². The molecule has 0 bridgehead atoms. The average molecular weight is 980 g/mol. The molecule has 3 aliphatic rings. The van der Waals surface area contributed by atoms with Gasteiger partial charge in [0.05, 0.1) is 42.8 Å².